The Morgan fingerprint density at radius 2 is 1.88 bits per heavy atom. The van der Waals surface area contributed by atoms with Crippen LogP contribution in [0.5, 0.6) is 0 Å². The van der Waals surface area contributed by atoms with Crippen molar-refractivity contribution in [3.8, 4) is 0 Å². The molecule has 2 nitrogen and oxygen atoms in total. The van der Waals surface area contributed by atoms with Crippen LogP contribution in [0.1, 0.15) is 11.3 Å². The van der Waals surface area contributed by atoms with Gasteiger partial charge in [0.05, 0.1) is 10.5 Å². The minimum absolute atomic E-state index is 0.585. The van der Waals surface area contributed by atoms with Crippen molar-refractivity contribution in [1.29, 1.82) is 0 Å². The fraction of sp³-hybridized carbons (Fsp3) is 0.250. The molecule has 0 saturated carbocycles. The standard InChI is InChI=1S/C12H12Cl2N2/c1-6-7(2)16-12-9(11(6)15-3)4-8(13)5-10(12)14/h4-5H,1-3H3,(H,15,16). The molecule has 1 aromatic carbocycles. The molecule has 0 amide bonds. The normalized spacial score (nSPS) is 10.8. The lowest BCUT2D eigenvalue weighted by molar-refractivity contribution is 1.19. The second kappa shape index (κ2) is 4.11. The van der Waals surface area contributed by atoms with Crippen molar-refractivity contribution < 1.29 is 0 Å². The number of aryl methyl sites for hydroxylation is 1. The monoisotopic (exact) mass is 254 g/mol. The second-order valence-corrected chi connectivity index (χ2v) is 4.57. The number of aromatic nitrogens is 1. The molecule has 0 aliphatic heterocycles. The quantitative estimate of drug-likeness (QED) is 0.825. The van der Waals surface area contributed by atoms with E-state index in [-0.39, 0.29) is 0 Å². The van der Waals surface area contributed by atoms with E-state index in [1.165, 1.54) is 0 Å². The number of halogens is 2. The van der Waals surface area contributed by atoms with Crippen LogP contribution < -0.4 is 5.32 Å². The minimum atomic E-state index is 0.585. The van der Waals surface area contributed by atoms with Gasteiger partial charge < -0.3 is 5.32 Å². The lowest BCUT2D eigenvalue weighted by Gasteiger charge is -2.13. The van der Waals surface area contributed by atoms with E-state index in [1.807, 2.05) is 27.0 Å². The van der Waals surface area contributed by atoms with Gasteiger partial charge >= 0.3 is 0 Å². The predicted octanol–water partition coefficient (Wildman–Crippen LogP) is 4.20. The molecule has 0 saturated heterocycles. The molecule has 4 heteroatoms. The molecule has 0 spiro atoms. The van der Waals surface area contributed by atoms with Crippen LogP contribution in [-0.4, -0.2) is 12.0 Å². The van der Waals surface area contributed by atoms with E-state index in [0.29, 0.717) is 10.0 Å². The topological polar surface area (TPSA) is 24.9 Å². The number of nitrogens with one attached hydrogen (secondary N) is 1. The van der Waals surface area contributed by atoms with Crippen LogP contribution in [0.3, 0.4) is 0 Å². The van der Waals surface area contributed by atoms with E-state index in [0.717, 1.165) is 27.8 Å². The molecule has 0 atom stereocenters. The van der Waals surface area contributed by atoms with Gasteiger partial charge in [-0.05, 0) is 31.5 Å². The highest BCUT2D eigenvalue weighted by molar-refractivity contribution is 6.38. The summed E-state index contributed by atoms with van der Waals surface area (Å²) in [5.41, 5.74) is 3.92. The summed E-state index contributed by atoms with van der Waals surface area (Å²) in [6, 6.07) is 3.60. The van der Waals surface area contributed by atoms with Gasteiger partial charge in [-0.3, -0.25) is 4.98 Å². The van der Waals surface area contributed by atoms with Crippen LogP contribution in [0.25, 0.3) is 10.9 Å². The largest absolute Gasteiger partial charge is 0.387 e. The molecule has 0 unspecified atom stereocenters. The fourth-order valence-corrected chi connectivity index (χ4v) is 2.36. The molecule has 2 aromatic rings. The molecular formula is C12H12Cl2N2. The number of benzene rings is 1. The molecular weight excluding hydrogens is 243 g/mol. The third-order valence-corrected chi connectivity index (χ3v) is 3.25. The van der Waals surface area contributed by atoms with E-state index in [2.05, 4.69) is 10.3 Å². The Labute approximate surface area is 105 Å². The second-order valence-electron chi connectivity index (χ2n) is 3.73. The number of nitrogens with zero attached hydrogens (tertiary/aromatic N) is 1. The van der Waals surface area contributed by atoms with Crippen molar-refractivity contribution in [3.05, 3.63) is 33.4 Å². The molecule has 0 radical (unpaired) electrons. The molecule has 0 aliphatic carbocycles. The Morgan fingerprint density at radius 1 is 1.19 bits per heavy atom. The Morgan fingerprint density at radius 3 is 2.50 bits per heavy atom. The minimum Gasteiger partial charge on any atom is -0.387 e. The third-order valence-electron chi connectivity index (χ3n) is 2.74. The van der Waals surface area contributed by atoms with Crippen molar-refractivity contribution in [2.24, 2.45) is 0 Å². The molecule has 16 heavy (non-hydrogen) atoms. The summed E-state index contributed by atoms with van der Waals surface area (Å²) in [5.74, 6) is 0. The summed E-state index contributed by atoms with van der Waals surface area (Å²) >= 11 is 12.1. The zero-order valence-corrected chi connectivity index (χ0v) is 10.9. The first-order valence-electron chi connectivity index (χ1n) is 4.98. The average molecular weight is 255 g/mol. The maximum absolute atomic E-state index is 6.14. The smallest absolute Gasteiger partial charge is 0.0913 e. The van der Waals surface area contributed by atoms with Crippen molar-refractivity contribution in [2.45, 2.75) is 13.8 Å². The lowest BCUT2D eigenvalue weighted by atomic mass is 10.1. The van der Waals surface area contributed by atoms with Crippen LogP contribution in [-0.2, 0) is 0 Å². The van der Waals surface area contributed by atoms with Gasteiger partial charge in [0.15, 0.2) is 0 Å². The van der Waals surface area contributed by atoms with Crippen molar-refractivity contribution >= 4 is 39.8 Å². The summed E-state index contributed by atoms with van der Waals surface area (Å²) < 4.78 is 0. The zero-order chi connectivity index (χ0) is 11.9. The summed E-state index contributed by atoms with van der Waals surface area (Å²) in [5, 5.41) is 5.35. The summed E-state index contributed by atoms with van der Waals surface area (Å²) in [7, 11) is 1.88. The van der Waals surface area contributed by atoms with Crippen LogP contribution in [0.15, 0.2) is 12.1 Å². The molecule has 1 aromatic heterocycles. The highest BCUT2D eigenvalue weighted by atomic mass is 35.5. The SMILES string of the molecule is CNc1c(C)c(C)nc2c(Cl)cc(Cl)cc12. The first-order chi connectivity index (χ1) is 7.54. The summed E-state index contributed by atoms with van der Waals surface area (Å²) in [6.45, 7) is 4.00. The molecule has 0 fully saturated rings. The van der Waals surface area contributed by atoms with Gasteiger partial charge in [-0.1, -0.05) is 23.2 Å². The van der Waals surface area contributed by atoms with Crippen LogP contribution >= 0.6 is 23.2 Å². The van der Waals surface area contributed by atoms with E-state index < -0.39 is 0 Å². The number of anilines is 1. The van der Waals surface area contributed by atoms with Gasteiger partial charge in [-0.15, -0.1) is 0 Å². The number of hydrogen-bond donors (Lipinski definition) is 1. The third kappa shape index (κ3) is 1.72. The van der Waals surface area contributed by atoms with E-state index in [1.54, 1.807) is 6.07 Å². The first-order valence-corrected chi connectivity index (χ1v) is 5.74. The number of fused-ring (bicyclic) bond motifs is 1. The van der Waals surface area contributed by atoms with Gasteiger partial charge in [-0.2, -0.15) is 0 Å². The highest BCUT2D eigenvalue weighted by Crippen LogP contribution is 2.33. The Kier molecular flexibility index (Phi) is 2.96. The van der Waals surface area contributed by atoms with Crippen molar-refractivity contribution in [2.75, 3.05) is 12.4 Å². The molecule has 2 rings (SSSR count). The zero-order valence-electron chi connectivity index (χ0n) is 9.36. The first kappa shape index (κ1) is 11.5. The fourth-order valence-electron chi connectivity index (χ4n) is 1.83. The van der Waals surface area contributed by atoms with E-state index >= 15 is 0 Å². The van der Waals surface area contributed by atoms with E-state index in [9.17, 15) is 0 Å². The van der Waals surface area contributed by atoms with Gasteiger partial charge in [0, 0.05) is 28.8 Å². The van der Waals surface area contributed by atoms with Gasteiger partial charge in [0.1, 0.15) is 0 Å². The molecule has 0 bridgehead atoms. The van der Waals surface area contributed by atoms with Crippen LogP contribution in [0, 0.1) is 13.8 Å². The molecule has 1 heterocycles. The molecule has 0 aliphatic rings. The summed E-state index contributed by atoms with van der Waals surface area (Å²) in [4.78, 5) is 4.49. The van der Waals surface area contributed by atoms with E-state index in [4.69, 9.17) is 23.2 Å². The van der Waals surface area contributed by atoms with Gasteiger partial charge in [-0.25, -0.2) is 0 Å². The Hall–Kier alpha value is -0.990. The van der Waals surface area contributed by atoms with Crippen LogP contribution in [0.2, 0.25) is 10.0 Å². The number of rotatable bonds is 1. The Bertz CT molecular complexity index is 565. The molecule has 1 N–H and O–H groups in total. The Balaban J connectivity index is 2.96. The average Bonchev–Trinajstić information content (AvgIpc) is 2.22. The number of pyridine rings is 1. The maximum atomic E-state index is 6.14. The predicted molar refractivity (Wildman–Crippen MR) is 70.8 cm³/mol. The maximum Gasteiger partial charge on any atom is 0.0913 e. The van der Waals surface area contributed by atoms with Crippen molar-refractivity contribution in [1.82, 2.24) is 4.98 Å². The number of hydrogen-bond acceptors (Lipinski definition) is 2. The van der Waals surface area contributed by atoms with Crippen molar-refractivity contribution in [3.63, 3.8) is 0 Å². The summed E-state index contributed by atoms with van der Waals surface area (Å²) in [6.07, 6.45) is 0. The highest BCUT2D eigenvalue weighted by Gasteiger charge is 2.11. The van der Waals surface area contributed by atoms with Gasteiger partial charge in [0.2, 0.25) is 0 Å². The molecule has 84 valence electrons. The lowest BCUT2D eigenvalue weighted by Crippen LogP contribution is -1.98. The van der Waals surface area contributed by atoms with Crippen LogP contribution in [0.4, 0.5) is 5.69 Å². The van der Waals surface area contributed by atoms with Gasteiger partial charge in [0.25, 0.3) is 0 Å².